The van der Waals surface area contributed by atoms with E-state index in [1.54, 1.807) is 16.4 Å². The lowest BCUT2D eigenvalue weighted by molar-refractivity contribution is 0.316. The summed E-state index contributed by atoms with van der Waals surface area (Å²) in [6.45, 7) is 4.83. The fourth-order valence-electron chi connectivity index (χ4n) is 2.28. The van der Waals surface area contributed by atoms with Crippen LogP contribution in [0, 0.1) is 5.92 Å². The predicted molar refractivity (Wildman–Crippen MR) is 73.8 cm³/mol. The summed E-state index contributed by atoms with van der Waals surface area (Å²) in [5.74, 6) is 0.371. The van der Waals surface area contributed by atoms with Crippen molar-refractivity contribution in [3.05, 3.63) is 15.9 Å². The van der Waals surface area contributed by atoms with Gasteiger partial charge in [0.05, 0.1) is 3.79 Å². The molecule has 0 amide bonds. The Morgan fingerprint density at radius 1 is 1.47 bits per heavy atom. The first-order valence-electron chi connectivity index (χ1n) is 5.70. The second-order valence-corrected chi connectivity index (χ2v) is 9.21. The molecule has 1 atom stereocenters. The van der Waals surface area contributed by atoms with Gasteiger partial charge in [-0.2, -0.15) is 4.31 Å². The first kappa shape index (κ1) is 13.5. The van der Waals surface area contributed by atoms with Gasteiger partial charge < -0.3 is 0 Å². The van der Waals surface area contributed by atoms with Gasteiger partial charge in [0.15, 0.2) is 0 Å². The molecule has 1 aliphatic heterocycles. The maximum absolute atomic E-state index is 12.5. The molecule has 2 rings (SSSR count). The van der Waals surface area contributed by atoms with E-state index >= 15 is 0 Å². The van der Waals surface area contributed by atoms with Crippen molar-refractivity contribution in [1.29, 1.82) is 0 Å². The predicted octanol–water partition coefficient (Wildman–Crippen LogP) is 3.32. The Hall–Kier alpha value is 0.0900. The summed E-state index contributed by atoms with van der Waals surface area (Å²) in [5, 5.41) is 0. The normalized spacial score (nSPS) is 22.5. The highest BCUT2D eigenvalue weighted by Gasteiger charge is 2.37. The van der Waals surface area contributed by atoms with E-state index < -0.39 is 10.0 Å². The van der Waals surface area contributed by atoms with Gasteiger partial charge in [0.1, 0.15) is 4.21 Å². The Labute approximate surface area is 115 Å². The van der Waals surface area contributed by atoms with Crippen molar-refractivity contribution in [3.8, 4) is 0 Å². The van der Waals surface area contributed by atoms with Crippen LogP contribution in [-0.2, 0) is 10.0 Å². The van der Waals surface area contributed by atoms with Gasteiger partial charge in [0.2, 0.25) is 0 Å². The summed E-state index contributed by atoms with van der Waals surface area (Å²) >= 11 is 4.60. The summed E-state index contributed by atoms with van der Waals surface area (Å²) in [6, 6.07) is 3.62. The average molecular weight is 338 g/mol. The van der Waals surface area contributed by atoms with Crippen LogP contribution in [0.3, 0.4) is 0 Å². The Balaban J connectivity index is 2.32. The molecule has 1 aromatic heterocycles. The van der Waals surface area contributed by atoms with Crippen LogP contribution in [0.1, 0.15) is 26.7 Å². The zero-order valence-corrected chi connectivity index (χ0v) is 13.1. The van der Waals surface area contributed by atoms with Crippen LogP contribution in [0.5, 0.6) is 0 Å². The van der Waals surface area contributed by atoms with Crippen molar-refractivity contribution in [3.63, 3.8) is 0 Å². The number of rotatable bonds is 3. The number of sulfonamides is 1. The summed E-state index contributed by atoms with van der Waals surface area (Å²) in [5.41, 5.74) is 0. The van der Waals surface area contributed by atoms with E-state index in [9.17, 15) is 8.42 Å². The van der Waals surface area contributed by atoms with E-state index in [0.717, 1.165) is 16.6 Å². The minimum Gasteiger partial charge on any atom is -0.206 e. The zero-order valence-electron chi connectivity index (χ0n) is 9.89. The van der Waals surface area contributed by atoms with Crippen molar-refractivity contribution in [1.82, 2.24) is 4.31 Å². The highest BCUT2D eigenvalue weighted by molar-refractivity contribution is 9.11. The standard InChI is InChI=1S/C11H16BrNO2S2/c1-8(2)9-4-3-7-13(9)17(14,15)11-6-5-10(12)16-11/h5-6,8-9H,3-4,7H2,1-2H3. The van der Waals surface area contributed by atoms with E-state index in [1.807, 2.05) is 0 Å². The van der Waals surface area contributed by atoms with Crippen molar-refractivity contribution in [2.45, 2.75) is 36.9 Å². The Morgan fingerprint density at radius 3 is 2.71 bits per heavy atom. The molecule has 1 saturated heterocycles. The molecule has 0 saturated carbocycles. The van der Waals surface area contributed by atoms with Crippen LogP contribution in [0.2, 0.25) is 0 Å². The van der Waals surface area contributed by atoms with Gasteiger partial charge in [0, 0.05) is 12.6 Å². The molecule has 0 radical (unpaired) electrons. The third kappa shape index (κ3) is 2.59. The lowest BCUT2D eigenvalue weighted by Crippen LogP contribution is -2.38. The first-order chi connectivity index (χ1) is 7.93. The number of hydrogen-bond acceptors (Lipinski definition) is 3. The van der Waals surface area contributed by atoms with E-state index in [1.165, 1.54) is 11.3 Å². The van der Waals surface area contributed by atoms with Gasteiger partial charge in [-0.25, -0.2) is 8.42 Å². The molecule has 0 spiro atoms. The fourth-order valence-corrected chi connectivity index (χ4v) is 6.25. The van der Waals surface area contributed by atoms with E-state index in [2.05, 4.69) is 29.8 Å². The third-order valence-corrected chi connectivity index (χ3v) is 7.14. The molecule has 0 aliphatic carbocycles. The molecule has 1 aliphatic rings. The van der Waals surface area contributed by atoms with Gasteiger partial charge in [-0.1, -0.05) is 13.8 Å². The monoisotopic (exact) mass is 337 g/mol. The quantitative estimate of drug-likeness (QED) is 0.848. The third-order valence-electron chi connectivity index (χ3n) is 3.13. The highest BCUT2D eigenvalue weighted by Crippen LogP contribution is 2.34. The molecule has 0 N–H and O–H groups in total. The minimum absolute atomic E-state index is 0.154. The molecule has 1 fully saturated rings. The maximum atomic E-state index is 12.5. The first-order valence-corrected chi connectivity index (χ1v) is 8.75. The number of nitrogens with zero attached hydrogens (tertiary/aromatic N) is 1. The maximum Gasteiger partial charge on any atom is 0.252 e. The van der Waals surface area contributed by atoms with Crippen molar-refractivity contribution < 1.29 is 8.42 Å². The van der Waals surface area contributed by atoms with Crippen molar-refractivity contribution >= 4 is 37.3 Å². The second-order valence-electron chi connectivity index (χ2n) is 4.63. The fraction of sp³-hybridized carbons (Fsp3) is 0.636. The van der Waals surface area contributed by atoms with Gasteiger partial charge in [-0.3, -0.25) is 0 Å². The van der Waals surface area contributed by atoms with Crippen LogP contribution in [0.4, 0.5) is 0 Å². The van der Waals surface area contributed by atoms with Gasteiger partial charge in [0.25, 0.3) is 10.0 Å². The zero-order chi connectivity index (χ0) is 12.6. The largest absolute Gasteiger partial charge is 0.252 e. The molecule has 3 nitrogen and oxygen atoms in total. The van der Waals surface area contributed by atoms with Crippen LogP contribution in [-0.4, -0.2) is 25.3 Å². The molecule has 6 heteroatoms. The van der Waals surface area contributed by atoms with Crippen LogP contribution in [0.15, 0.2) is 20.1 Å². The molecule has 2 heterocycles. The highest BCUT2D eigenvalue weighted by atomic mass is 79.9. The number of hydrogen-bond donors (Lipinski definition) is 0. The lowest BCUT2D eigenvalue weighted by Gasteiger charge is -2.26. The molecule has 96 valence electrons. The smallest absolute Gasteiger partial charge is 0.206 e. The van der Waals surface area contributed by atoms with Gasteiger partial charge in [-0.15, -0.1) is 11.3 Å². The lowest BCUT2D eigenvalue weighted by atomic mass is 10.0. The molecule has 0 aromatic carbocycles. The average Bonchev–Trinajstić information content (AvgIpc) is 2.84. The molecule has 1 unspecified atom stereocenters. The van der Waals surface area contributed by atoms with Crippen molar-refractivity contribution in [2.24, 2.45) is 5.92 Å². The van der Waals surface area contributed by atoms with Gasteiger partial charge >= 0.3 is 0 Å². The van der Waals surface area contributed by atoms with E-state index in [-0.39, 0.29) is 6.04 Å². The summed E-state index contributed by atoms with van der Waals surface area (Å²) < 4.78 is 27.9. The molecule has 0 bridgehead atoms. The Kier molecular flexibility index (Phi) is 3.97. The number of halogens is 1. The van der Waals surface area contributed by atoms with Gasteiger partial charge in [-0.05, 0) is 46.8 Å². The molecule has 1 aromatic rings. The minimum atomic E-state index is -3.29. The van der Waals surface area contributed by atoms with Crippen LogP contribution < -0.4 is 0 Å². The second kappa shape index (κ2) is 4.99. The molecule has 17 heavy (non-hydrogen) atoms. The molecular weight excluding hydrogens is 322 g/mol. The molecular formula is C11H16BrNO2S2. The van der Waals surface area contributed by atoms with Crippen LogP contribution >= 0.6 is 27.3 Å². The Morgan fingerprint density at radius 2 is 2.18 bits per heavy atom. The number of thiophene rings is 1. The topological polar surface area (TPSA) is 37.4 Å². The Bertz CT molecular complexity index is 495. The van der Waals surface area contributed by atoms with Crippen LogP contribution in [0.25, 0.3) is 0 Å². The van der Waals surface area contributed by atoms with E-state index in [0.29, 0.717) is 16.7 Å². The summed E-state index contributed by atoms with van der Waals surface area (Å²) in [4.78, 5) is 0. The SMILES string of the molecule is CC(C)C1CCCN1S(=O)(=O)c1ccc(Br)s1. The summed E-state index contributed by atoms with van der Waals surface area (Å²) in [6.07, 6.45) is 1.94. The van der Waals surface area contributed by atoms with Crippen molar-refractivity contribution in [2.75, 3.05) is 6.54 Å². The van der Waals surface area contributed by atoms with E-state index in [4.69, 9.17) is 0 Å². The summed E-state index contributed by atoms with van der Waals surface area (Å²) in [7, 11) is -3.29.